The van der Waals surface area contributed by atoms with Gasteiger partial charge in [0.1, 0.15) is 47.4 Å². The Kier molecular flexibility index (Phi) is 11.8. The highest BCUT2D eigenvalue weighted by molar-refractivity contribution is 5.95. The number of carbonyl (C=O) groups excluding carboxylic acids is 3. The minimum Gasteiger partial charge on any atom is -0.457 e. The predicted octanol–water partition coefficient (Wildman–Crippen LogP) is 4.92. The van der Waals surface area contributed by atoms with Gasteiger partial charge < -0.3 is 49.7 Å². The Balaban J connectivity index is 0.000000154. The molecule has 3 aromatic carbocycles. The number of fused-ring (bicyclic) bond motifs is 2. The first-order valence-electron chi connectivity index (χ1n) is 20.7. The number of allylic oxidation sites excluding steroid dienone is 1. The Bertz CT molecular complexity index is 2150. The number of nitrogens with one attached hydrogen (secondary N) is 4. The molecule has 4 aromatic rings. The highest BCUT2D eigenvalue weighted by atomic mass is 16.6. The number of ether oxygens (including phenoxy) is 6. The van der Waals surface area contributed by atoms with Crippen LogP contribution < -0.4 is 30.7 Å². The number of hydrogen-bond donors (Lipinski definition) is 4. The molecule has 4 saturated heterocycles. The average molecular weight is 816 g/mol. The van der Waals surface area contributed by atoms with Gasteiger partial charge in [-0.3, -0.25) is 19.4 Å². The van der Waals surface area contributed by atoms with Crippen molar-refractivity contribution in [3.05, 3.63) is 127 Å². The average Bonchev–Trinajstić information content (AvgIpc) is 4.16. The molecule has 0 radical (unpaired) electrons. The second-order valence-corrected chi connectivity index (χ2v) is 16.0. The van der Waals surface area contributed by atoms with Gasteiger partial charge in [-0.05, 0) is 98.3 Å². The molecule has 2 saturated carbocycles. The fourth-order valence-electron chi connectivity index (χ4n) is 7.97. The Labute approximate surface area is 348 Å². The zero-order valence-electron chi connectivity index (χ0n) is 33.1. The van der Waals surface area contributed by atoms with E-state index < -0.39 is 0 Å². The van der Waals surface area contributed by atoms with Gasteiger partial charge >= 0.3 is 0 Å². The van der Waals surface area contributed by atoms with Crippen LogP contribution in [0.15, 0.2) is 116 Å². The third-order valence-electron chi connectivity index (χ3n) is 11.5. The summed E-state index contributed by atoms with van der Waals surface area (Å²) in [5.41, 5.74) is 2.14. The molecule has 10 rings (SSSR count). The molecule has 1 aromatic heterocycles. The zero-order valence-corrected chi connectivity index (χ0v) is 33.1. The number of benzene rings is 3. The molecule has 8 atom stereocenters. The summed E-state index contributed by atoms with van der Waals surface area (Å²) in [5.74, 6) is 3.05. The van der Waals surface area contributed by atoms with Crippen LogP contribution in [0.1, 0.15) is 46.4 Å². The summed E-state index contributed by atoms with van der Waals surface area (Å²) in [6.45, 7) is 5.90. The van der Waals surface area contributed by atoms with Crippen LogP contribution >= 0.6 is 0 Å². The van der Waals surface area contributed by atoms with E-state index in [9.17, 15) is 14.4 Å². The number of para-hydroxylation sites is 1. The molecule has 14 heteroatoms. The maximum Gasteiger partial charge on any atom is 0.251 e. The van der Waals surface area contributed by atoms with E-state index in [-0.39, 0.29) is 72.2 Å². The molecule has 0 bridgehead atoms. The number of carbonyl (C=O) groups is 3. The first-order valence-corrected chi connectivity index (χ1v) is 20.7. The topological polar surface area (TPSA) is 168 Å². The normalized spacial score (nSPS) is 27.3. The molecule has 14 nitrogen and oxygen atoms in total. The summed E-state index contributed by atoms with van der Waals surface area (Å²) in [6.07, 6.45) is 6.93. The standard InChI is InChI=1S/C23H25N3O4.C23H24N2O5/c1-14(15-7-8-15)25-19-12-28-22-20(13-29-21(19)22)26-23(27)16-4-2-5-17(10-16)30-18-6-3-9-24-11-18;26-22(14-6-7-14)24-18-12-28-21-19(13-29-20(18)21)25-23(27)15-8-10-17(11-9-15)30-16-4-2-1-3-5-16/h2-6,9-11,15,19-22,25H,1,7-8,12-13H2,(H,26,27);1-5,8-11,14,18-21H,6-7,12-13H2,(H,24,26)(H,25,27). The van der Waals surface area contributed by atoms with Crippen molar-refractivity contribution in [2.45, 2.75) is 74.3 Å². The van der Waals surface area contributed by atoms with E-state index >= 15 is 0 Å². The van der Waals surface area contributed by atoms with E-state index in [2.05, 4.69) is 32.8 Å². The van der Waals surface area contributed by atoms with Gasteiger partial charge in [0.25, 0.3) is 11.8 Å². The molecule has 2 aliphatic carbocycles. The molecular weight excluding hydrogens is 767 g/mol. The van der Waals surface area contributed by atoms with E-state index in [1.807, 2.05) is 42.5 Å². The van der Waals surface area contributed by atoms with Gasteiger partial charge in [0, 0.05) is 28.9 Å². The van der Waals surface area contributed by atoms with Crippen molar-refractivity contribution in [1.29, 1.82) is 0 Å². The van der Waals surface area contributed by atoms with E-state index in [0.717, 1.165) is 24.3 Å². The molecule has 4 aliphatic heterocycles. The summed E-state index contributed by atoms with van der Waals surface area (Å²) in [5, 5.41) is 12.6. The lowest BCUT2D eigenvalue weighted by Gasteiger charge is -2.20. The number of pyridine rings is 1. The number of rotatable bonds is 13. The number of aromatic nitrogens is 1. The van der Waals surface area contributed by atoms with Gasteiger partial charge in [-0.2, -0.15) is 0 Å². The molecule has 4 N–H and O–H groups in total. The van der Waals surface area contributed by atoms with Crippen molar-refractivity contribution in [2.75, 3.05) is 26.4 Å². The zero-order chi connectivity index (χ0) is 41.0. The Morgan fingerprint density at radius 3 is 1.63 bits per heavy atom. The van der Waals surface area contributed by atoms with Crippen molar-refractivity contribution in [3.8, 4) is 23.0 Å². The monoisotopic (exact) mass is 815 g/mol. The van der Waals surface area contributed by atoms with E-state index in [0.29, 0.717) is 60.7 Å². The summed E-state index contributed by atoms with van der Waals surface area (Å²) < 4.78 is 35.2. The van der Waals surface area contributed by atoms with Crippen LogP contribution in [0.4, 0.5) is 0 Å². The van der Waals surface area contributed by atoms with Crippen LogP contribution in [0.5, 0.6) is 23.0 Å². The van der Waals surface area contributed by atoms with Gasteiger partial charge in [0.15, 0.2) is 0 Å². The molecule has 3 amide bonds. The Morgan fingerprint density at radius 2 is 1.05 bits per heavy atom. The molecule has 8 unspecified atom stereocenters. The minimum atomic E-state index is -0.251. The van der Waals surface area contributed by atoms with Crippen molar-refractivity contribution in [1.82, 2.24) is 26.3 Å². The van der Waals surface area contributed by atoms with Crippen molar-refractivity contribution in [2.24, 2.45) is 11.8 Å². The highest BCUT2D eigenvalue weighted by Crippen LogP contribution is 2.36. The lowest BCUT2D eigenvalue weighted by molar-refractivity contribution is -0.123. The van der Waals surface area contributed by atoms with Crippen LogP contribution in [0.2, 0.25) is 0 Å². The van der Waals surface area contributed by atoms with Crippen LogP contribution in [-0.4, -0.2) is 97.7 Å². The molecular formula is C46H49N5O9. The largest absolute Gasteiger partial charge is 0.457 e. The summed E-state index contributed by atoms with van der Waals surface area (Å²) in [6, 6.07) is 26.7. The predicted molar refractivity (Wildman–Crippen MR) is 219 cm³/mol. The second-order valence-electron chi connectivity index (χ2n) is 16.0. The van der Waals surface area contributed by atoms with E-state index in [1.54, 1.807) is 60.9 Å². The highest BCUT2D eigenvalue weighted by Gasteiger charge is 2.50. The summed E-state index contributed by atoms with van der Waals surface area (Å²) in [7, 11) is 0. The molecule has 6 aliphatic rings. The third-order valence-corrected chi connectivity index (χ3v) is 11.5. The van der Waals surface area contributed by atoms with Gasteiger partial charge in [-0.15, -0.1) is 0 Å². The van der Waals surface area contributed by atoms with Crippen molar-refractivity contribution < 1.29 is 42.8 Å². The molecule has 5 heterocycles. The van der Waals surface area contributed by atoms with Crippen LogP contribution in [0, 0.1) is 11.8 Å². The van der Waals surface area contributed by atoms with Crippen LogP contribution in [0.25, 0.3) is 0 Å². The molecule has 0 spiro atoms. The smallest absolute Gasteiger partial charge is 0.251 e. The SMILES string of the molecule is C=C(NC1COC2C(NC(=O)c3cccc(Oc4cccnc4)c3)COC12)C1CC1.O=C(NC1COC2C(NC(=O)C3CC3)COC12)c1ccc(Oc2ccccc2)cc1. The number of amides is 3. The summed E-state index contributed by atoms with van der Waals surface area (Å²) in [4.78, 5) is 41.6. The quantitative estimate of drug-likeness (QED) is 0.145. The Hall–Kier alpha value is -5.80. The minimum absolute atomic E-state index is 0.0777. The van der Waals surface area contributed by atoms with Gasteiger partial charge in [-0.1, -0.05) is 30.8 Å². The van der Waals surface area contributed by atoms with Crippen LogP contribution in [-0.2, 0) is 23.7 Å². The van der Waals surface area contributed by atoms with Crippen molar-refractivity contribution >= 4 is 17.7 Å². The first kappa shape index (κ1) is 39.6. The lowest BCUT2D eigenvalue weighted by atomic mass is 10.0. The molecule has 6 fully saturated rings. The van der Waals surface area contributed by atoms with Crippen LogP contribution in [0.3, 0.4) is 0 Å². The third kappa shape index (κ3) is 9.47. The fourth-order valence-corrected chi connectivity index (χ4v) is 7.97. The maximum absolute atomic E-state index is 12.8. The maximum atomic E-state index is 12.8. The fraction of sp³-hybridized carbons (Fsp3) is 0.391. The van der Waals surface area contributed by atoms with Gasteiger partial charge in [0.2, 0.25) is 5.91 Å². The summed E-state index contributed by atoms with van der Waals surface area (Å²) >= 11 is 0. The molecule has 60 heavy (non-hydrogen) atoms. The van der Waals surface area contributed by atoms with Gasteiger partial charge in [0.05, 0.1) is 56.8 Å². The van der Waals surface area contributed by atoms with Gasteiger partial charge in [-0.25, -0.2) is 0 Å². The Morgan fingerprint density at radius 1 is 0.533 bits per heavy atom. The molecule has 312 valence electrons. The lowest BCUT2D eigenvalue weighted by Crippen LogP contribution is -2.47. The second kappa shape index (κ2) is 17.8. The van der Waals surface area contributed by atoms with Crippen molar-refractivity contribution in [3.63, 3.8) is 0 Å². The van der Waals surface area contributed by atoms with E-state index in [1.165, 1.54) is 12.8 Å². The number of hydrogen-bond acceptors (Lipinski definition) is 11. The number of nitrogens with zero attached hydrogens (tertiary/aromatic N) is 1. The first-order chi connectivity index (χ1) is 29.3. The van der Waals surface area contributed by atoms with E-state index in [4.69, 9.17) is 28.4 Å².